The summed E-state index contributed by atoms with van der Waals surface area (Å²) >= 11 is 8.73. The first kappa shape index (κ1) is 19.4. The Balaban J connectivity index is 2.46. The van der Waals surface area contributed by atoms with Crippen molar-refractivity contribution < 1.29 is 18.0 Å². The van der Waals surface area contributed by atoms with Crippen LogP contribution in [-0.2, 0) is 19.6 Å². The Labute approximate surface area is 159 Å². The lowest BCUT2D eigenvalue weighted by molar-refractivity contribution is -0.114. The maximum absolute atomic E-state index is 13.0. The minimum Gasteiger partial charge on any atom is -0.326 e. The van der Waals surface area contributed by atoms with Gasteiger partial charge in [0.05, 0.1) is 10.6 Å². The molecule has 0 unspecified atom stereocenters. The number of benzene rings is 2. The van der Waals surface area contributed by atoms with E-state index in [0.29, 0.717) is 15.8 Å². The second kappa shape index (κ2) is 7.99. The van der Waals surface area contributed by atoms with Crippen LogP contribution in [0.4, 0.5) is 11.4 Å². The molecule has 1 amide bonds. The maximum Gasteiger partial charge on any atom is 0.264 e. The minimum absolute atomic E-state index is 0.0322. The average molecular weight is 446 g/mol. The van der Waals surface area contributed by atoms with Gasteiger partial charge in [-0.25, -0.2) is 8.42 Å². The highest BCUT2D eigenvalue weighted by atomic mass is 79.9. The Morgan fingerprint density at radius 2 is 1.72 bits per heavy atom. The average Bonchev–Trinajstić information content (AvgIpc) is 2.53. The molecule has 0 radical (unpaired) electrons. The van der Waals surface area contributed by atoms with Crippen LogP contribution in [0.25, 0.3) is 0 Å². The van der Waals surface area contributed by atoms with E-state index in [9.17, 15) is 18.0 Å². The van der Waals surface area contributed by atoms with Crippen molar-refractivity contribution >= 4 is 60.1 Å². The fourth-order valence-corrected chi connectivity index (χ4v) is 4.35. The molecule has 0 atom stereocenters. The summed E-state index contributed by atoms with van der Waals surface area (Å²) < 4.78 is 27.4. The third-order valence-corrected chi connectivity index (χ3v) is 5.72. The Morgan fingerprint density at radius 3 is 2.24 bits per heavy atom. The normalized spacial score (nSPS) is 11.0. The summed E-state index contributed by atoms with van der Waals surface area (Å²) in [6, 6.07) is 12.2. The highest BCUT2D eigenvalue weighted by molar-refractivity contribution is 9.10. The molecule has 9 heteroatoms. The van der Waals surface area contributed by atoms with Gasteiger partial charge in [-0.15, -0.1) is 0 Å². The van der Waals surface area contributed by atoms with Gasteiger partial charge in [-0.3, -0.25) is 13.9 Å². The molecule has 2 aromatic rings. The Bertz CT molecular complexity index is 901. The molecule has 0 aromatic heterocycles. The van der Waals surface area contributed by atoms with Crippen LogP contribution in [0.2, 0.25) is 0 Å². The largest absolute Gasteiger partial charge is 0.326 e. The molecule has 6 nitrogen and oxygen atoms in total. The first-order chi connectivity index (χ1) is 11.7. The molecule has 25 heavy (non-hydrogen) atoms. The zero-order valence-corrected chi connectivity index (χ0v) is 16.2. The van der Waals surface area contributed by atoms with Gasteiger partial charge in [0.25, 0.3) is 10.0 Å². The van der Waals surface area contributed by atoms with Crippen molar-refractivity contribution in [2.75, 3.05) is 16.2 Å². The Morgan fingerprint density at radius 1 is 1.12 bits per heavy atom. The first-order valence-corrected chi connectivity index (χ1v) is 9.66. The number of hydrogen-bond acceptors (Lipinski definition) is 4. The summed E-state index contributed by atoms with van der Waals surface area (Å²) in [6.07, 6.45) is 0. The molecule has 1 N–H and O–H groups in total. The van der Waals surface area contributed by atoms with E-state index in [2.05, 4.69) is 21.2 Å². The second-order valence-electron chi connectivity index (χ2n) is 5.02. The lowest BCUT2D eigenvalue weighted by Crippen LogP contribution is -2.34. The van der Waals surface area contributed by atoms with Crippen LogP contribution in [0.3, 0.4) is 0 Å². The van der Waals surface area contributed by atoms with Gasteiger partial charge in [0.15, 0.2) is 0 Å². The number of hydrogen-bond donors (Lipinski definition) is 1. The van der Waals surface area contributed by atoms with E-state index in [-0.39, 0.29) is 10.8 Å². The summed E-state index contributed by atoms with van der Waals surface area (Å²) in [7, 11) is -4.03. The third-order valence-electron chi connectivity index (χ3n) is 3.15. The van der Waals surface area contributed by atoms with Crippen LogP contribution in [0.15, 0.2) is 57.9 Å². The number of sulfonamides is 1. The van der Waals surface area contributed by atoms with Crippen molar-refractivity contribution in [2.45, 2.75) is 11.8 Å². The standard InChI is InChI=1S/C16H14BrClN2O4S/c1-11(21)19-12-6-8-13(9-7-12)25(23,24)20(10-16(18)22)15-5-3-2-4-14(15)17/h2-9H,10H2,1H3,(H,19,21). The van der Waals surface area contributed by atoms with Gasteiger partial charge >= 0.3 is 0 Å². The molecule has 0 aliphatic carbocycles. The van der Waals surface area contributed by atoms with Crippen LogP contribution in [0.1, 0.15) is 6.92 Å². The predicted octanol–water partition coefficient (Wildman–Crippen LogP) is 3.37. The van der Waals surface area contributed by atoms with Crippen molar-refractivity contribution in [2.24, 2.45) is 0 Å². The predicted molar refractivity (Wildman–Crippen MR) is 100 cm³/mol. The molecule has 0 heterocycles. The van der Waals surface area contributed by atoms with E-state index in [1.54, 1.807) is 24.3 Å². The van der Waals surface area contributed by atoms with Crippen molar-refractivity contribution in [3.63, 3.8) is 0 Å². The van der Waals surface area contributed by atoms with E-state index in [1.807, 2.05) is 0 Å². The van der Waals surface area contributed by atoms with Crippen LogP contribution in [0, 0.1) is 0 Å². The smallest absolute Gasteiger partial charge is 0.264 e. The van der Waals surface area contributed by atoms with Crippen LogP contribution in [-0.4, -0.2) is 26.1 Å². The highest BCUT2D eigenvalue weighted by Crippen LogP contribution is 2.31. The SMILES string of the molecule is CC(=O)Nc1ccc(S(=O)(=O)N(CC(=O)Cl)c2ccccc2Br)cc1. The lowest BCUT2D eigenvalue weighted by Gasteiger charge is -2.24. The maximum atomic E-state index is 13.0. The summed E-state index contributed by atoms with van der Waals surface area (Å²) in [5.41, 5.74) is 0.759. The zero-order valence-electron chi connectivity index (χ0n) is 13.1. The Hall–Kier alpha value is -1.90. The number of nitrogens with one attached hydrogen (secondary N) is 1. The second-order valence-corrected chi connectivity index (χ2v) is 8.16. The first-order valence-electron chi connectivity index (χ1n) is 7.05. The molecule has 0 fully saturated rings. The van der Waals surface area contributed by atoms with Crippen LogP contribution in [0.5, 0.6) is 0 Å². The van der Waals surface area contributed by atoms with E-state index >= 15 is 0 Å². The molecule has 0 aliphatic rings. The third kappa shape index (κ3) is 4.81. The number of anilines is 2. The molecule has 132 valence electrons. The fourth-order valence-electron chi connectivity index (χ4n) is 2.11. The minimum atomic E-state index is -4.03. The number of para-hydroxylation sites is 1. The van der Waals surface area contributed by atoms with Gasteiger partial charge in [0.2, 0.25) is 11.1 Å². The lowest BCUT2D eigenvalue weighted by atomic mass is 10.3. The van der Waals surface area contributed by atoms with Gasteiger partial charge in [-0.05, 0) is 63.9 Å². The van der Waals surface area contributed by atoms with Gasteiger partial charge in [0, 0.05) is 17.1 Å². The molecule has 2 rings (SSSR count). The fraction of sp³-hybridized carbons (Fsp3) is 0.125. The number of carbonyl (C=O) groups excluding carboxylic acids is 2. The topological polar surface area (TPSA) is 83.6 Å². The molecule has 0 saturated heterocycles. The van der Waals surface area contributed by atoms with Crippen LogP contribution >= 0.6 is 27.5 Å². The van der Waals surface area contributed by atoms with Crippen LogP contribution < -0.4 is 9.62 Å². The summed E-state index contributed by atoms with van der Waals surface area (Å²) in [5.74, 6) is -0.266. The highest BCUT2D eigenvalue weighted by Gasteiger charge is 2.28. The quantitative estimate of drug-likeness (QED) is 0.691. The number of halogens is 2. The molecule has 0 bridgehead atoms. The summed E-state index contributed by atoms with van der Waals surface area (Å²) in [4.78, 5) is 22.4. The van der Waals surface area contributed by atoms with Gasteiger partial charge in [-0.1, -0.05) is 12.1 Å². The van der Waals surface area contributed by atoms with E-state index in [4.69, 9.17) is 11.6 Å². The van der Waals surface area contributed by atoms with E-state index in [0.717, 1.165) is 4.31 Å². The number of nitrogens with zero attached hydrogens (tertiary/aromatic N) is 1. The molecular weight excluding hydrogens is 432 g/mol. The molecule has 0 saturated carbocycles. The van der Waals surface area contributed by atoms with Gasteiger partial charge < -0.3 is 5.32 Å². The van der Waals surface area contributed by atoms with E-state index < -0.39 is 21.8 Å². The summed E-state index contributed by atoms with van der Waals surface area (Å²) in [5, 5.41) is 1.74. The number of carbonyl (C=O) groups is 2. The molecular formula is C16H14BrClN2O4S. The molecule has 2 aromatic carbocycles. The Kier molecular flexibility index (Phi) is 6.21. The van der Waals surface area contributed by atoms with Crippen molar-refractivity contribution in [1.29, 1.82) is 0 Å². The van der Waals surface area contributed by atoms with Crippen molar-refractivity contribution in [3.8, 4) is 0 Å². The molecule has 0 aliphatic heterocycles. The van der Waals surface area contributed by atoms with Crippen molar-refractivity contribution in [1.82, 2.24) is 0 Å². The number of rotatable bonds is 6. The van der Waals surface area contributed by atoms with Gasteiger partial charge in [0.1, 0.15) is 6.54 Å². The van der Waals surface area contributed by atoms with Gasteiger partial charge in [-0.2, -0.15) is 0 Å². The molecule has 0 spiro atoms. The zero-order chi connectivity index (χ0) is 18.6. The monoisotopic (exact) mass is 444 g/mol. The number of amides is 1. The van der Waals surface area contributed by atoms with E-state index in [1.165, 1.54) is 31.2 Å². The summed E-state index contributed by atoms with van der Waals surface area (Å²) in [6.45, 7) is 0.839. The van der Waals surface area contributed by atoms with Crippen molar-refractivity contribution in [3.05, 3.63) is 53.0 Å².